The standard InChI is InChI=1S/C13H20O2.C13H18O/c1-4-6-10-7-5-8-13(2,3)11(10)9-12(14)15;1-13(2)5-3-4-8-6-9-7-10(14)11(9)12(8)13/h4H,1,5-9H2,2-3H3,(H,14,15);9,11H,3-7H2,1-2H3. The highest BCUT2D eigenvalue weighted by Gasteiger charge is 2.52. The summed E-state index contributed by atoms with van der Waals surface area (Å²) in [4.78, 5) is 22.5. The maximum absolute atomic E-state index is 11.6. The second kappa shape index (κ2) is 8.24. The van der Waals surface area contributed by atoms with Gasteiger partial charge in [-0.05, 0) is 68.1 Å². The summed E-state index contributed by atoms with van der Waals surface area (Å²) in [5.41, 5.74) is 6.01. The zero-order chi connectivity index (χ0) is 21.4. The van der Waals surface area contributed by atoms with Gasteiger partial charge in [0.05, 0.1) is 6.42 Å². The fraction of sp³-hybridized carbons (Fsp3) is 0.692. The summed E-state index contributed by atoms with van der Waals surface area (Å²) in [5.74, 6) is 0.877. The van der Waals surface area contributed by atoms with E-state index < -0.39 is 5.97 Å². The molecule has 0 bridgehead atoms. The molecule has 3 nitrogen and oxygen atoms in total. The van der Waals surface area contributed by atoms with Crippen LogP contribution in [0.5, 0.6) is 0 Å². The molecule has 0 heterocycles. The van der Waals surface area contributed by atoms with Crippen LogP contribution in [0.25, 0.3) is 0 Å². The van der Waals surface area contributed by atoms with Crippen molar-refractivity contribution >= 4 is 11.8 Å². The van der Waals surface area contributed by atoms with Gasteiger partial charge in [-0.1, -0.05) is 56.1 Å². The second-order valence-corrected chi connectivity index (χ2v) is 10.7. The van der Waals surface area contributed by atoms with Gasteiger partial charge in [0.2, 0.25) is 0 Å². The summed E-state index contributed by atoms with van der Waals surface area (Å²) in [7, 11) is 0. The van der Waals surface area contributed by atoms with Crippen molar-refractivity contribution < 1.29 is 14.7 Å². The number of carbonyl (C=O) groups excluding carboxylic acids is 1. The molecule has 29 heavy (non-hydrogen) atoms. The fourth-order valence-electron chi connectivity index (χ4n) is 6.29. The molecule has 0 aliphatic heterocycles. The summed E-state index contributed by atoms with van der Waals surface area (Å²) in [6.45, 7) is 12.7. The highest BCUT2D eigenvalue weighted by Crippen LogP contribution is 2.58. The summed E-state index contributed by atoms with van der Waals surface area (Å²) in [5, 5.41) is 8.92. The molecule has 4 aliphatic rings. The first-order valence-electron chi connectivity index (χ1n) is 11.4. The predicted octanol–water partition coefficient (Wildman–Crippen LogP) is 6.65. The van der Waals surface area contributed by atoms with Crippen LogP contribution < -0.4 is 0 Å². The van der Waals surface area contributed by atoms with E-state index in [0.717, 1.165) is 31.3 Å². The van der Waals surface area contributed by atoms with Crippen molar-refractivity contribution in [1.82, 2.24) is 0 Å². The van der Waals surface area contributed by atoms with Crippen molar-refractivity contribution in [3.8, 4) is 0 Å². The van der Waals surface area contributed by atoms with Crippen LogP contribution in [0.15, 0.2) is 34.9 Å². The molecule has 1 fully saturated rings. The second-order valence-electron chi connectivity index (χ2n) is 10.7. The third-order valence-corrected chi connectivity index (χ3v) is 7.73. The zero-order valence-electron chi connectivity index (χ0n) is 18.8. The number of aliphatic carboxylic acids is 1. The van der Waals surface area contributed by atoms with E-state index in [1.165, 1.54) is 37.7 Å². The van der Waals surface area contributed by atoms with Crippen LogP contribution in [0.2, 0.25) is 0 Å². The third-order valence-electron chi connectivity index (χ3n) is 7.73. The number of carboxylic acid groups (broad SMARTS) is 1. The number of carbonyl (C=O) groups is 2. The lowest BCUT2D eigenvalue weighted by Crippen LogP contribution is -2.38. The van der Waals surface area contributed by atoms with E-state index in [4.69, 9.17) is 5.11 Å². The van der Waals surface area contributed by atoms with Gasteiger partial charge in [-0.2, -0.15) is 0 Å². The number of ketones is 1. The molecule has 4 rings (SSSR count). The van der Waals surface area contributed by atoms with Gasteiger partial charge in [0.15, 0.2) is 0 Å². The Balaban J connectivity index is 0.000000166. The smallest absolute Gasteiger partial charge is 0.307 e. The zero-order valence-corrected chi connectivity index (χ0v) is 18.8. The quantitative estimate of drug-likeness (QED) is 0.540. The summed E-state index contributed by atoms with van der Waals surface area (Å²) < 4.78 is 0. The van der Waals surface area contributed by atoms with Crippen LogP contribution in [-0.2, 0) is 9.59 Å². The van der Waals surface area contributed by atoms with Crippen molar-refractivity contribution in [2.75, 3.05) is 0 Å². The monoisotopic (exact) mass is 398 g/mol. The van der Waals surface area contributed by atoms with Crippen LogP contribution >= 0.6 is 0 Å². The number of Topliss-reactive ketones (excluding diaryl/α,β-unsaturated/α-hetero) is 1. The van der Waals surface area contributed by atoms with E-state index in [-0.39, 0.29) is 11.8 Å². The first-order valence-corrected chi connectivity index (χ1v) is 11.4. The molecule has 0 aromatic heterocycles. The Morgan fingerprint density at radius 1 is 1.10 bits per heavy atom. The fourth-order valence-corrected chi connectivity index (χ4v) is 6.29. The van der Waals surface area contributed by atoms with E-state index >= 15 is 0 Å². The summed E-state index contributed by atoms with van der Waals surface area (Å²) >= 11 is 0. The lowest BCUT2D eigenvalue weighted by Gasteiger charge is -2.39. The Kier molecular flexibility index (Phi) is 6.27. The molecule has 3 heteroatoms. The summed E-state index contributed by atoms with van der Waals surface area (Å²) in [6, 6.07) is 0. The minimum Gasteiger partial charge on any atom is -0.481 e. The molecule has 1 saturated carbocycles. The van der Waals surface area contributed by atoms with Crippen molar-refractivity contribution in [2.24, 2.45) is 22.7 Å². The van der Waals surface area contributed by atoms with E-state index in [2.05, 4.69) is 34.3 Å². The topological polar surface area (TPSA) is 54.4 Å². The number of fused-ring (bicyclic) bond motifs is 2. The van der Waals surface area contributed by atoms with Crippen LogP contribution in [-0.4, -0.2) is 16.9 Å². The van der Waals surface area contributed by atoms with Gasteiger partial charge in [0.1, 0.15) is 5.78 Å². The molecule has 0 saturated heterocycles. The molecule has 2 unspecified atom stereocenters. The Hall–Kier alpha value is -1.64. The van der Waals surface area contributed by atoms with E-state index in [1.807, 2.05) is 6.08 Å². The molecule has 2 atom stereocenters. The van der Waals surface area contributed by atoms with Gasteiger partial charge < -0.3 is 5.11 Å². The molecule has 0 amide bonds. The lowest BCUT2D eigenvalue weighted by atomic mass is 9.64. The van der Waals surface area contributed by atoms with Gasteiger partial charge in [0.25, 0.3) is 0 Å². The van der Waals surface area contributed by atoms with Gasteiger partial charge in [0, 0.05) is 12.3 Å². The third kappa shape index (κ3) is 4.44. The van der Waals surface area contributed by atoms with E-state index in [1.54, 1.807) is 11.1 Å². The minimum atomic E-state index is -0.721. The molecule has 0 aromatic carbocycles. The number of hydrogen-bond donors (Lipinski definition) is 1. The molecular weight excluding hydrogens is 360 g/mol. The number of rotatable bonds is 4. The van der Waals surface area contributed by atoms with E-state index in [0.29, 0.717) is 23.0 Å². The predicted molar refractivity (Wildman–Crippen MR) is 118 cm³/mol. The van der Waals surface area contributed by atoms with Gasteiger partial charge in [-0.25, -0.2) is 0 Å². The van der Waals surface area contributed by atoms with Crippen LogP contribution in [0.4, 0.5) is 0 Å². The maximum atomic E-state index is 11.6. The minimum absolute atomic E-state index is 0.0506. The normalized spacial score (nSPS) is 29.3. The molecule has 160 valence electrons. The largest absolute Gasteiger partial charge is 0.481 e. The van der Waals surface area contributed by atoms with Crippen LogP contribution in [0.3, 0.4) is 0 Å². The van der Waals surface area contributed by atoms with Crippen molar-refractivity contribution in [1.29, 1.82) is 0 Å². The highest BCUT2D eigenvalue weighted by atomic mass is 16.4. The maximum Gasteiger partial charge on any atom is 0.307 e. The number of hydrogen-bond acceptors (Lipinski definition) is 2. The van der Waals surface area contributed by atoms with Gasteiger partial charge in [-0.3, -0.25) is 9.59 Å². The average molecular weight is 399 g/mol. The molecular formula is C26H38O3. The molecule has 1 N–H and O–H groups in total. The summed E-state index contributed by atoms with van der Waals surface area (Å²) in [6.07, 6.45) is 12.2. The number of allylic oxidation sites excluding steroid dienone is 4. The van der Waals surface area contributed by atoms with E-state index in [9.17, 15) is 9.59 Å². The number of carboxylic acids is 1. The Morgan fingerprint density at radius 3 is 2.38 bits per heavy atom. The average Bonchev–Trinajstić information content (AvgIpc) is 2.92. The molecule has 0 aromatic rings. The van der Waals surface area contributed by atoms with Gasteiger partial charge in [-0.15, -0.1) is 6.58 Å². The van der Waals surface area contributed by atoms with Crippen LogP contribution in [0.1, 0.15) is 91.9 Å². The first-order chi connectivity index (χ1) is 13.6. The highest BCUT2D eigenvalue weighted by molar-refractivity contribution is 5.91. The molecule has 4 aliphatic carbocycles. The Morgan fingerprint density at radius 2 is 1.76 bits per heavy atom. The molecule has 0 radical (unpaired) electrons. The van der Waals surface area contributed by atoms with Crippen molar-refractivity contribution in [2.45, 2.75) is 91.9 Å². The van der Waals surface area contributed by atoms with Crippen LogP contribution in [0, 0.1) is 22.7 Å². The lowest BCUT2D eigenvalue weighted by molar-refractivity contribution is -0.136. The SMILES string of the molecule is C=CCC1=C(CC(=O)O)C(C)(C)CCC1.CC1(C)CCCC2=C1C1C(=O)CC1C2. The van der Waals surface area contributed by atoms with Crippen molar-refractivity contribution in [3.05, 3.63) is 34.9 Å². The Labute approximate surface area is 176 Å². The molecule has 0 spiro atoms. The van der Waals surface area contributed by atoms with Gasteiger partial charge >= 0.3 is 5.97 Å². The first kappa shape index (κ1) is 22.1. The Bertz CT molecular complexity index is 763. The van der Waals surface area contributed by atoms with Crippen molar-refractivity contribution in [3.63, 3.8) is 0 Å².